The second kappa shape index (κ2) is 5.30. The Balaban J connectivity index is 2.27. The zero-order valence-corrected chi connectivity index (χ0v) is 13.4. The molecular formula is C14H13Cl2N4O2+. The van der Waals surface area contributed by atoms with E-state index in [0.717, 1.165) is 10.1 Å². The molecule has 2 aromatic heterocycles. The molecule has 0 radical (unpaired) electrons. The van der Waals surface area contributed by atoms with E-state index in [0.29, 0.717) is 28.0 Å². The van der Waals surface area contributed by atoms with Gasteiger partial charge in [-0.1, -0.05) is 23.7 Å². The summed E-state index contributed by atoms with van der Waals surface area (Å²) in [7, 11) is 3.12. The first-order valence-electron chi connectivity index (χ1n) is 6.51. The van der Waals surface area contributed by atoms with E-state index in [1.165, 1.54) is 7.05 Å². The summed E-state index contributed by atoms with van der Waals surface area (Å²) >= 11 is 12.2. The molecule has 8 heteroatoms. The summed E-state index contributed by atoms with van der Waals surface area (Å²) < 4.78 is 4.27. The molecule has 0 fully saturated rings. The maximum absolute atomic E-state index is 12.4. The van der Waals surface area contributed by atoms with E-state index in [1.54, 1.807) is 28.3 Å². The Bertz CT molecular complexity index is 983. The quantitative estimate of drug-likeness (QED) is 0.563. The number of fused-ring (bicyclic) bond motifs is 1. The summed E-state index contributed by atoms with van der Waals surface area (Å²) in [6.07, 6.45) is 0. The summed E-state index contributed by atoms with van der Waals surface area (Å²) in [4.78, 5) is 26.8. The van der Waals surface area contributed by atoms with Crippen LogP contribution < -0.4 is 15.8 Å². The van der Waals surface area contributed by atoms with Crippen LogP contribution in [-0.2, 0) is 20.6 Å². The summed E-state index contributed by atoms with van der Waals surface area (Å²) in [5.74, 6) is 0. The van der Waals surface area contributed by atoms with E-state index in [9.17, 15) is 9.59 Å². The maximum atomic E-state index is 12.4. The van der Waals surface area contributed by atoms with Crippen molar-refractivity contribution in [3.8, 4) is 0 Å². The number of rotatable bonds is 2. The van der Waals surface area contributed by atoms with Crippen molar-refractivity contribution in [2.24, 2.45) is 14.1 Å². The number of halogens is 2. The van der Waals surface area contributed by atoms with Gasteiger partial charge in [-0.15, -0.1) is 0 Å². The van der Waals surface area contributed by atoms with Gasteiger partial charge in [0.15, 0.2) is 0 Å². The van der Waals surface area contributed by atoms with Crippen molar-refractivity contribution in [1.82, 2.24) is 14.1 Å². The highest BCUT2D eigenvalue weighted by molar-refractivity contribution is 6.30. The topological polar surface area (TPSA) is 63.7 Å². The molecule has 0 atom stereocenters. The number of aromatic nitrogens is 4. The lowest BCUT2D eigenvalue weighted by atomic mass is 10.2. The standard InChI is InChI=1S/C14H12Cl2N4O2/c1-18-11-10(12(21)19(2)14(22)17-11)20(13(18)16)7-8-3-5-9(15)6-4-8/h3-6H,7H2,1-2H3/p+1. The predicted octanol–water partition coefficient (Wildman–Crippen LogP) is 1.21. The van der Waals surface area contributed by atoms with Crippen LogP contribution in [0.3, 0.4) is 0 Å². The molecular weight excluding hydrogens is 327 g/mol. The highest BCUT2D eigenvalue weighted by Gasteiger charge is 2.25. The predicted molar refractivity (Wildman–Crippen MR) is 84.5 cm³/mol. The number of H-pyrrole nitrogens is 1. The fourth-order valence-corrected chi connectivity index (χ4v) is 2.72. The molecule has 6 nitrogen and oxygen atoms in total. The number of nitrogens with one attached hydrogen (secondary N) is 1. The lowest BCUT2D eigenvalue weighted by molar-refractivity contribution is -0.645. The van der Waals surface area contributed by atoms with Crippen LogP contribution in [0.2, 0.25) is 10.3 Å². The number of nitrogens with zero attached hydrogens (tertiary/aromatic N) is 3. The molecule has 0 saturated carbocycles. The molecule has 0 amide bonds. The van der Waals surface area contributed by atoms with Crippen LogP contribution in [0, 0.1) is 0 Å². The Morgan fingerprint density at radius 3 is 2.45 bits per heavy atom. The van der Waals surface area contributed by atoms with E-state index < -0.39 is 11.2 Å². The van der Waals surface area contributed by atoms with Crippen LogP contribution in [0.4, 0.5) is 0 Å². The van der Waals surface area contributed by atoms with Gasteiger partial charge in [-0.25, -0.2) is 23.5 Å². The van der Waals surface area contributed by atoms with Gasteiger partial charge in [-0.2, -0.15) is 0 Å². The van der Waals surface area contributed by atoms with Crippen molar-refractivity contribution < 1.29 is 4.57 Å². The average Bonchev–Trinajstić information content (AvgIpc) is 2.72. The van der Waals surface area contributed by atoms with Crippen LogP contribution in [0.25, 0.3) is 11.2 Å². The molecule has 3 rings (SSSR count). The second-order valence-corrected chi connectivity index (χ2v) is 5.81. The first-order chi connectivity index (χ1) is 10.4. The third-order valence-electron chi connectivity index (χ3n) is 3.62. The van der Waals surface area contributed by atoms with E-state index in [4.69, 9.17) is 23.2 Å². The van der Waals surface area contributed by atoms with E-state index >= 15 is 0 Å². The third-order valence-corrected chi connectivity index (χ3v) is 4.33. The molecule has 0 unspecified atom stereocenters. The van der Waals surface area contributed by atoms with Crippen LogP contribution in [0.5, 0.6) is 0 Å². The Kier molecular flexibility index (Phi) is 3.58. The van der Waals surface area contributed by atoms with Crippen LogP contribution in [0.1, 0.15) is 5.56 Å². The summed E-state index contributed by atoms with van der Waals surface area (Å²) in [5.41, 5.74) is 0.817. The third kappa shape index (κ3) is 2.24. The number of aryl methyl sites for hydroxylation is 1. The summed E-state index contributed by atoms with van der Waals surface area (Å²) in [6.45, 7) is 0.397. The smallest absolute Gasteiger partial charge is 0.265 e. The molecule has 0 aliphatic heterocycles. The number of hydrogen-bond acceptors (Lipinski definition) is 2. The molecule has 1 aromatic carbocycles. The Morgan fingerprint density at radius 1 is 1.18 bits per heavy atom. The van der Waals surface area contributed by atoms with Crippen molar-refractivity contribution in [2.45, 2.75) is 6.54 Å². The first-order valence-corrected chi connectivity index (χ1v) is 7.27. The van der Waals surface area contributed by atoms with Crippen LogP contribution >= 0.6 is 23.2 Å². The molecule has 114 valence electrons. The van der Waals surface area contributed by atoms with Crippen molar-refractivity contribution in [3.63, 3.8) is 0 Å². The van der Waals surface area contributed by atoms with Crippen LogP contribution in [0.15, 0.2) is 33.9 Å². The van der Waals surface area contributed by atoms with Gasteiger partial charge >= 0.3 is 16.5 Å². The average molecular weight is 340 g/mol. The van der Waals surface area contributed by atoms with Crippen LogP contribution in [-0.4, -0.2) is 14.1 Å². The minimum atomic E-state index is -0.478. The molecule has 0 aliphatic rings. The SMILES string of the molecule is Cn1c(=O)[nH]c2c(c1=O)n(Cc1ccc(Cl)cc1)c(Cl)[n+]2C. The molecule has 2 heterocycles. The zero-order valence-electron chi connectivity index (χ0n) is 11.9. The van der Waals surface area contributed by atoms with Gasteiger partial charge in [0.05, 0.1) is 13.6 Å². The monoisotopic (exact) mass is 339 g/mol. The molecule has 1 N–H and O–H groups in total. The number of benzene rings is 1. The van der Waals surface area contributed by atoms with Crippen molar-refractivity contribution in [1.29, 1.82) is 0 Å². The van der Waals surface area contributed by atoms with E-state index in [2.05, 4.69) is 4.98 Å². The number of hydrogen-bond donors (Lipinski definition) is 1. The van der Waals surface area contributed by atoms with Gasteiger partial charge in [0.1, 0.15) is 0 Å². The minimum absolute atomic E-state index is 0.351. The van der Waals surface area contributed by atoms with Gasteiger partial charge in [0.25, 0.3) is 5.65 Å². The summed E-state index contributed by atoms with van der Waals surface area (Å²) in [6, 6.07) is 7.27. The lowest BCUT2D eigenvalue weighted by Crippen LogP contribution is -2.36. The number of aromatic amines is 1. The molecule has 0 saturated heterocycles. The molecule has 3 aromatic rings. The summed E-state index contributed by atoms with van der Waals surface area (Å²) in [5, 5.41) is 0.988. The normalized spacial score (nSPS) is 11.3. The zero-order chi connectivity index (χ0) is 16.0. The number of imidazole rings is 1. The molecule has 22 heavy (non-hydrogen) atoms. The molecule has 0 bridgehead atoms. The van der Waals surface area contributed by atoms with Gasteiger partial charge in [0, 0.05) is 12.1 Å². The Hall–Kier alpha value is -2.05. The highest BCUT2D eigenvalue weighted by Crippen LogP contribution is 2.16. The van der Waals surface area contributed by atoms with Gasteiger partial charge < -0.3 is 0 Å². The fourth-order valence-electron chi connectivity index (χ4n) is 2.36. The molecule has 0 spiro atoms. The Labute approximate surface area is 135 Å². The van der Waals surface area contributed by atoms with Crippen molar-refractivity contribution >= 4 is 34.4 Å². The van der Waals surface area contributed by atoms with Gasteiger partial charge in [-0.3, -0.25) is 4.79 Å². The highest BCUT2D eigenvalue weighted by atomic mass is 35.5. The van der Waals surface area contributed by atoms with Gasteiger partial charge in [-0.05, 0) is 29.3 Å². The molecule has 0 aliphatic carbocycles. The fraction of sp³-hybridized carbons (Fsp3) is 0.214. The maximum Gasteiger partial charge on any atom is 0.386 e. The van der Waals surface area contributed by atoms with Crippen molar-refractivity contribution in [3.05, 3.63) is 61.0 Å². The second-order valence-electron chi connectivity index (χ2n) is 5.03. The lowest BCUT2D eigenvalue weighted by Gasteiger charge is -2.02. The minimum Gasteiger partial charge on any atom is -0.265 e. The van der Waals surface area contributed by atoms with E-state index in [1.807, 2.05) is 12.1 Å². The largest absolute Gasteiger partial charge is 0.386 e. The first kappa shape index (κ1) is 14.9. The van der Waals surface area contributed by atoms with Crippen molar-refractivity contribution in [2.75, 3.05) is 0 Å². The van der Waals surface area contributed by atoms with E-state index in [-0.39, 0.29) is 0 Å². The Morgan fingerprint density at radius 2 is 1.82 bits per heavy atom. The van der Waals surface area contributed by atoms with Gasteiger partial charge in [0.2, 0.25) is 5.52 Å².